The van der Waals surface area contributed by atoms with Gasteiger partial charge in [0.05, 0.1) is 17.1 Å². The molecule has 0 saturated carbocycles. The minimum Gasteiger partial charge on any atom is -0.536 e. The molecule has 3 heterocycles. The van der Waals surface area contributed by atoms with E-state index in [0.717, 1.165) is 17.1 Å². The molecule has 0 atom stereocenters. The number of rotatable bonds is 2. The van der Waals surface area contributed by atoms with Crippen molar-refractivity contribution in [3.63, 3.8) is 0 Å². The zero-order valence-electron chi connectivity index (χ0n) is 24.2. The molecule has 0 radical (unpaired) electrons. The van der Waals surface area contributed by atoms with Crippen LogP contribution < -0.4 is 19.8 Å². The first-order valence-corrected chi connectivity index (χ1v) is 15.0. The molecule has 4 heteroatoms. The number of fused-ring (bicyclic) bond motifs is 10. The fourth-order valence-corrected chi connectivity index (χ4v) is 7.36. The molecule has 0 N–H and O–H groups in total. The first-order chi connectivity index (χ1) is 21.1. The highest BCUT2D eigenvalue weighted by Gasteiger charge is 2.45. The Morgan fingerprint density at radius 1 is 0.535 bits per heavy atom. The monoisotopic (exact) mass is 552 g/mol. The molecule has 43 heavy (non-hydrogen) atoms. The molecule has 0 amide bonds. The Morgan fingerprint density at radius 2 is 1.12 bits per heavy atom. The molecular formula is C39H29BN2O. The Hall–Kier alpha value is -5.22. The van der Waals surface area contributed by atoms with E-state index in [4.69, 9.17) is 4.65 Å². The summed E-state index contributed by atoms with van der Waals surface area (Å²) in [4.78, 5) is 4.74. The summed E-state index contributed by atoms with van der Waals surface area (Å²) >= 11 is 0. The fourth-order valence-electron chi connectivity index (χ4n) is 7.36. The van der Waals surface area contributed by atoms with Gasteiger partial charge >= 0.3 is 7.05 Å². The van der Waals surface area contributed by atoms with Gasteiger partial charge in [0.15, 0.2) is 0 Å². The lowest BCUT2D eigenvalue weighted by molar-refractivity contribution is 0.603. The molecule has 0 unspecified atom stereocenters. The van der Waals surface area contributed by atoms with E-state index in [1.165, 1.54) is 55.9 Å². The number of anilines is 5. The third kappa shape index (κ3) is 3.44. The third-order valence-corrected chi connectivity index (χ3v) is 9.47. The minimum atomic E-state index is -0.165. The van der Waals surface area contributed by atoms with E-state index >= 15 is 0 Å². The molecular weight excluding hydrogens is 523 g/mol. The number of benzene rings is 6. The zero-order valence-corrected chi connectivity index (χ0v) is 24.2. The molecule has 6 aromatic carbocycles. The smallest absolute Gasteiger partial charge is 0.524 e. The normalized spacial score (nSPS) is 15.0. The van der Waals surface area contributed by atoms with Gasteiger partial charge in [-0.15, -0.1) is 0 Å². The average molecular weight is 552 g/mol. The Labute approximate surface area is 252 Å². The third-order valence-electron chi connectivity index (χ3n) is 9.47. The van der Waals surface area contributed by atoms with Gasteiger partial charge in [0, 0.05) is 22.4 Å². The predicted octanol–water partition coefficient (Wildman–Crippen LogP) is 9.37. The second kappa shape index (κ2) is 8.89. The van der Waals surface area contributed by atoms with Crippen molar-refractivity contribution < 1.29 is 4.65 Å². The van der Waals surface area contributed by atoms with Gasteiger partial charge in [-0.05, 0) is 81.8 Å². The van der Waals surface area contributed by atoms with Crippen molar-refractivity contribution in [1.82, 2.24) is 0 Å². The lowest BCUT2D eigenvalue weighted by Crippen LogP contribution is -2.50. The summed E-state index contributed by atoms with van der Waals surface area (Å²) in [5, 5.41) is 0. The van der Waals surface area contributed by atoms with Crippen molar-refractivity contribution in [3.05, 3.63) is 151 Å². The van der Waals surface area contributed by atoms with Crippen LogP contribution in [0.25, 0.3) is 22.3 Å². The van der Waals surface area contributed by atoms with Crippen LogP contribution >= 0.6 is 0 Å². The van der Waals surface area contributed by atoms with Crippen LogP contribution in [0, 0.1) is 0 Å². The molecule has 0 aliphatic carbocycles. The van der Waals surface area contributed by atoms with E-state index in [1.54, 1.807) is 0 Å². The molecule has 9 rings (SSSR count). The maximum absolute atomic E-state index is 6.52. The maximum Gasteiger partial charge on any atom is 0.524 e. The lowest BCUT2D eigenvalue weighted by atomic mass is 9.64. The van der Waals surface area contributed by atoms with Crippen LogP contribution in [0.5, 0.6) is 5.75 Å². The van der Waals surface area contributed by atoms with Crippen LogP contribution in [-0.2, 0) is 5.41 Å². The van der Waals surface area contributed by atoms with Crippen molar-refractivity contribution >= 4 is 41.0 Å². The maximum atomic E-state index is 6.52. The summed E-state index contributed by atoms with van der Waals surface area (Å²) in [5.41, 5.74) is 14.6. The van der Waals surface area contributed by atoms with Gasteiger partial charge in [0.2, 0.25) is 0 Å². The Kier molecular flexibility index (Phi) is 5.04. The molecule has 0 fully saturated rings. The van der Waals surface area contributed by atoms with Gasteiger partial charge in [0.25, 0.3) is 0 Å². The van der Waals surface area contributed by atoms with Crippen LogP contribution in [0.15, 0.2) is 140 Å². The molecule has 3 aliphatic rings. The summed E-state index contributed by atoms with van der Waals surface area (Å²) in [6.07, 6.45) is 0. The van der Waals surface area contributed by atoms with Crippen molar-refractivity contribution in [1.29, 1.82) is 0 Å². The minimum absolute atomic E-state index is 0.0664. The molecule has 204 valence electrons. The summed E-state index contributed by atoms with van der Waals surface area (Å²) in [7, 11) is -0.165. The van der Waals surface area contributed by atoms with Crippen molar-refractivity contribution in [2.45, 2.75) is 19.3 Å². The first kappa shape index (κ1) is 24.4. The van der Waals surface area contributed by atoms with Gasteiger partial charge in [-0.25, -0.2) is 0 Å². The first-order valence-electron chi connectivity index (χ1n) is 15.0. The number of para-hydroxylation sites is 5. The predicted molar refractivity (Wildman–Crippen MR) is 179 cm³/mol. The number of nitrogens with zero attached hydrogens (tertiary/aromatic N) is 2. The molecule has 0 spiro atoms. The van der Waals surface area contributed by atoms with Crippen LogP contribution in [-0.4, -0.2) is 7.05 Å². The topological polar surface area (TPSA) is 15.7 Å². The Morgan fingerprint density at radius 3 is 1.84 bits per heavy atom. The van der Waals surface area contributed by atoms with E-state index in [0.29, 0.717) is 0 Å². The van der Waals surface area contributed by atoms with Crippen LogP contribution in [0.1, 0.15) is 25.0 Å². The molecule has 0 saturated heterocycles. The SMILES string of the molecule is CC1(C)c2ccccc2N(c2ccc(-c3ccc4c(c3)-c3ccccc3N3B4Oc4ccccc43)cc2)c2ccccc21. The van der Waals surface area contributed by atoms with Gasteiger partial charge < -0.3 is 14.4 Å². The van der Waals surface area contributed by atoms with Crippen molar-refractivity contribution in [2.24, 2.45) is 0 Å². The standard InChI is InChI=1S/C39H29BN2O/c1-39(2)31-12-4-7-15-35(31)41(36-16-8-5-13-32(36)39)28-22-19-26(20-23-28)27-21-24-33-30(25-27)29-11-3-6-14-34(29)42-37-17-9-10-18-38(37)43-40(33)42/h3-25H,1-2H3. The zero-order chi connectivity index (χ0) is 28.7. The Bertz CT molecular complexity index is 2020. The average Bonchev–Trinajstić information content (AvgIpc) is 3.45. The highest BCUT2D eigenvalue weighted by Crippen LogP contribution is 2.52. The highest BCUT2D eigenvalue weighted by atomic mass is 16.5. The van der Waals surface area contributed by atoms with Crippen molar-refractivity contribution in [2.75, 3.05) is 9.71 Å². The lowest BCUT2D eigenvalue weighted by Gasteiger charge is -2.42. The number of hydrogen-bond donors (Lipinski definition) is 0. The molecule has 0 bridgehead atoms. The molecule has 3 aliphatic heterocycles. The number of hydrogen-bond acceptors (Lipinski definition) is 3. The highest BCUT2D eigenvalue weighted by molar-refractivity contribution is 6.77. The van der Waals surface area contributed by atoms with Crippen LogP contribution in [0.4, 0.5) is 28.4 Å². The van der Waals surface area contributed by atoms with Gasteiger partial charge in [-0.3, -0.25) is 0 Å². The van der Waals surface area contributed by atoms with Crippen molar-refractivity contribution in [3.8, 4) is 28.0 Å². The van der Waals surface area contributed by atoms with Crippen LogP contribution in [0.3, 0.4) is 0 Å². The van der Waals surface area contributed by atoms with Gasteiger partial charge in [-0.2, -0.15) is 0 Å². The summed E-state index contributed by atoms with van der Waals surface area (Å²) in [5.74, 6) is 0.930. The van der Waals surface area contributed by atoms with E-state index in [9.17, 15) is 0 Å². The molecule has 0 aromatic heterocycles. The quantitative estimate of drug-likeness (QED) is 0.199. The Balaban J connectivity index is 1.12. The van der Waals surface area contributed by atoms with Crippen LogP contribution in [0.2, 0.25) is 0 Å². The summed E-state index contributed by atoms with van der Waals surface area (Å²) in [6, 6.07) is 50.5. The largest absolute Gasteiger partial charge is 0.536 e. The second-order valence-corrected chi connectivity index (χ2v) is 12.2. The van der Waals surface area contributed by atoms with Gasteiger partial charge in [-0.1, -0.05) is 105 Å². The van der Waals surface area contributed by atoms with Gasteiger partial charge in [0.1, 0.15) is 5.75 Å². The molecule has 3 nitrogen and oxygen atoms in total. The summed E-state index contributed by atoms with van der Waals surface area (Å²) in [6.45, 7) is 4.65. The van der Waals surface area contributed by atoms with E-state index in [2.05, 4.69) is 157 Å². The molecule has 6 aromatic rings. The summed E-state index contributed by atoms with van der Waals surface area (Å²) < 4.78 is 6.52. The van der Waals surface area contributed by atoms with E-state index < -0.39 is 0 Å². The van der Waals surface area contributed by atoms with E-state index in [1.807, 2.05) is 6.07 Å². The fraction of sp³-hybridized carbons (Fsp3) is 0.0769. The second-order valence-electron chi connectivity index (χ2n) is 12.2. The van der Waals surface area contributed by atoms with E-state index in [-0.39, 0.29) is 12.5 Å².